The number of hydrogen-bond acceptors (Lipinski definition) is 2. The van der Waals surface area contributed by atoms with Crippen LogP contribution in [0.3, 0.4) is 0 Å². The van der Waals surface area contributed by atoms with Gasteiger partial charge in [0.2, 0.25) is 0 Å². The van der Waals surface area contributed by atoms with Crippen LogP contribution in [0, 0.1) is 5.82 Å². The normalized spacial score (nSPS) is 11.6. The molecule has 0 saturated carbocycles. The Kier molecular flexibility index (Phi) is 4.05. The second-order valence-electron chi connectivity index (χ2n) is 4.11. The minimum atomic E-state index is -0.774. The minimum absolute atomic E-state index is 0.0651. The summed E-state index contributed by atoms with van der Waals surface area (Å²) in [6.45, 7) is 6.00. The van der Waals surface area contributed by atoms with Gasteiger partial charge in [0.15, 0.2) is 5.78 Å². The van der Waals surface area contributed by atoms with Crippen LogP contribution in [-0.4, -0.2) is 17.9 Å². The summed E-state index contributed by atoms with van der Waals surface area (Å²) in [5.41, 5.74) is -0.709. The third-order valence-electron chi connectivity index (χ3n) is 2.36. The highest BCUT2D eigenvalue weighted by atomic mass is 35.5. The first kappa shape index (κ1) is 13.1. The number of ketones is 1. The Labute approximate surface area is 99.8 Å². The molecule has 0 aliphatic heterocycles. The Balaban J connectivity index is 3.05. The highest BCUT2D eigenvalue weighted by Crippen LogP contribution is 2.19. The summed E-state index contributed by atoms with van der Waals surface area (Å²) in [6, 6.07) is 4.08. The molecule has 0 bridgehead atoms. The molecule has 0 saturated heterocycles. The molecule has 1 aromatic rings. The average Bonchev–Trinajstić information content (AvgIpc) is 2.16. The van der Waals surface area contributed by atoms with Crippen molar-refractivity contribution in [2.75, 3.05) is 6.54 Å². The van der Waals surface area contributed by atoms with Crippen molar-refractivity contribution in [2.24, 2.45) is 0 Å². The molecular formula is C12H15ClFNO. The van der Waals surface area contributed by atoms with Crippen molar-refractivity contribution in [1.82, 2.24) is 5.32 Å². The van der Waals surface area contributed by atoms with Crippen LogP contribution in [0.2, 0.25) is 5.02 Å². The van der Waals surface area contributed by atoms with Gasteiger partial charge in [-0.2, -0.15) is 0 Å². The van der Waals surface area contributed by atoms with E-state index in [1.165, 1.54) is 12.1 Å². The van der Waals surface area contributed by atoms with Crippen molar-refractivity contribution in [3.8, 4) is 0 Å². The summed E-state index contributed by atoms with van der Waals surface area (Å²) in [6.07, 6.45) is 0. The van der Waals surface area contributed by atoms with Gasteiger partial charge in [0.25, 0.3) is 0 Å². The SMILES string of the molecule is CCNC(C)(C)C(=O)c1ccc(Cl)cc1F. The highest BCUT2D eigenvalue weighted by molar-refractivity contribution is 6.30. The number of carbonyl (C=O) groups excluding carboxylic acids is 1. The maximum absolute atomic E-state index is 13.5. The van der Waals surface area contributed by atoms with Crippen LogP contribution in [0.4, 0.5) is 4.39 Å². The third kappa shape index (κ3) is 2.80. The zero-order valence-electron chi connectivity index (χ0n) is 9.60. The average molecular weight is 244 g/mol. The molecule has 0 amide bonds. The molecule has 0 aromatic heterocycles. The molecule has 16 heavy (non-hydrogen) atoms. The predicted octanol–water partition coefficient (Wildman–Crippen LogP) is 3.05. The summed E-state index contributed by atoms with van der Waals surface area (Å²) >= 11 is 5.63. The first-order valence-corrected chi connectivity index (χ1v) is 5.51. The van der Waals surface area contributed by atoms with Gasteiger partial charge in [-0.05, 0) is 38.6 Å². The van der Waals surface area contributed by atoms with E-state index >= 15 is 0 Å². The van der Waals surface area contributed by atoms with Crippen LogP contribution in [0.5, 0.6) is 0 Å². The van der Waals surface area contributed by atoms with Crippen LogP contribution in [0.1, 0.15) is 31.1 Å². The smallest absolute Gasteiger partial charge is 0.185 e. The standard InChI is InChI=1S/C12H15ClFNO/c1-4-15-12(2,3)11(16)9-6-5-8(13)7-10(9)14/h5-7,15H,4H2,1-3H3. The van der Waals surface area contributed by atoms with Crippen molar-refractivity contribution in [3.63, 3.8) is 0 Å². The quantitative estimate of drug-likeness (QED) is 0.824. The van der Waals surface area contributed by atoms with Gasteiger partial charge in [-0.1, -0.05) is 18.5 Å². The fourth-order valence-corrected chi connectivity index (χ4v) is 1.69. The topological polar surface area (TPSA) is 29.1 Å². The molecule has 0 aliphatic rings. The number of carbonyl (C=O) groups is 1. The lowest BCUT2D eigenvalue weighted by molar-refractivity contribution is 0.0879. The van der Waals surface area contributed by atoms with E-state index in [0.29, 0.717) is 6.54 Å². The number of likely N-dealkylation sites (N-methyl/N-ethyl adjacent to an activating group) is 1. The van der Waals surface area contributed by atoms with Crippen LogP contribution in [0.15, 0.2) is 18.2 Å². The summed E-state index contributed by atoms with van der Waals surface area (Å²) < 4.78 is 13.5. The predicted molar refractivity (Wildman–Crippen MR) is 63.5 cm³/mol. The highest BCUT2D eigenvalue weighted by Gasteiger charge is 2.29. The van der Waals surface area contributed by atoms with E-state index in [1.807, 2.05) is 6.92 Å². The summed E-state index contributed by atoms with van der Waals surface area (Å²) in [5.74, 6) is -0.855. The second kappa shape index (κ2) is 4.93. The van der Waals surface area contributed by atoms with E-state index in [1.54, 1.807) is 13.8 Å². The molecule has 0 radical (unpaired) electrons. The largest absolute Gasteiger partial charge is 0.305 e. The van der Waals surface area contributed by atoms with Crippen molar-refractivity contribution < 1.29 is 9.18 Å². The van der Waals surface area contributed by atoms with E-state index in [-0.39, 0.29) is 16.4 Å². The van der Waals surface area contributed by atoms with Crippen molar-refractivity contribution in [2.45, 2.75) is 26.3 Å². The van der Waals surface area contributed by atoms with Gasteiger partial charge < -0.3 is 5.32 Å². The lowest BCUT2D eigenvalue weighted by atomic mass is 9.93. The number of Topliss-reactive ketones (excluding diaryl/α,β-unsaturated/α-hetero) is 1. The van der Waals surface area contributed by atoms with Gasteiger partial charge in [-0.25, -0.2) is 4.39 Å². The van der Waals surface area contributed by atoms with Gasteiger partial charge in [0.05, 0.1) is 11.1 Å². The molecule has 1 aromatic carbocycles. The molecule has 4 heteroatoms. The van der Waals surface area contributed by atoms with Gasteiger partial charge >= 0.3 is 0 Å². The van der Waals surface area contributed by atoms with E-state index in [2.05, 4.69) is 5.32 Å². The third-order valence-corrected chi connectivity index (χ3v) is 2.60. The van der Waals surface area contributed by atoms with Crippen LogP contribution in [-0.2, 0) is 0 Å². The maximum Gasteiger partial charge on any atom is 0.185 e. The Morgan fingerprint density at radius 3 is 2.62 bits per heavy atom. The molecule has 0 atom stereocenters. The number of halogens is 2. The van der Waals surface area contributed by atoms with Crippen molar-refractivity contribution in [1.29, 1.82) is 0 Å². The lowest BCUT2D eigenvalue weighted by Gasteiger charge is -2.24. The van der Waals surface area contributed by atoms with Crippen molar-refractivity contribution >= 4 is 17.4 Å². The summed E-state index contributed by atoms with van der Waals surface area (Å²) in [4.78, 5) is 12.0. The van der Waals surface area contributed by atoms with Gasteiger partial charge in [-0.15, -0.1) is 0 Å². The van der Waals surface area contributed by atoms with E-state index < -0.39 is 11.4 Å². The molecule has 0 heterocycles. The van der Waals surface area contributed by atoms with Gasteiger partial charge in [-0.3, -0.25) is 4.79 Å². The van der Waals surface area contributed by atoms with E-state index in [0.717, 1.165) is 6.07 Å². The maximum atomic E-state index is 13.5. The molecule has 2 nitrogen and oxygen atoms in total. The van der Waals surface area contributed by atoms with Crippen LogP contribution >= 0.6 is 11.6 Å². The Morgan fingerprint density at radius 2 is 2.12 bits per heavy atom. The van der Waals surface area contributed by atoms with E-state index in [9.17, 15) is 9.18 Å². The first-order valence-electron chi connectivity index (χ1n) is 5.13. The number of rotatable bonds is 4. The van der Waals surface area contributed by atoms with E-state index in [4.69, 9.17) is 11.6 Å². The fraction of sp³-hybridized carbons (Fsp3) is 0.417. The molecule has 88 valence electrons. The summed E-state index contributed by atoms with van der Waals surface area (Å²) in [7, 11) is 0. The zero-order valence-corrected chi connectivity index (χ0v) is 10.4. The van der Waals surface area contributed by atoms with Crippen LogP contribution in [0.25, 0.3) is 0 Å². The second-order valence-corrected chi connectivity index (χ2v) is 4.55. The number of benzene rings is 1. The number of hydrogen-bond donors (Lipinski definition) is 1. The molecule has 0 aliphatic carbocycles. The Morgan fingerprint density at radius 1 is 1.50 bits per heavy atom. The zero-order chi connectivity index (χ0) is 12.3. The van der Waals surface area contributed by atoms with Gasteiger partial charge in [0, 0.05) is 5.02 Å². The van der Waals surface area contributed by atoms with Crippen LogP contribution < -0.4 is 5.32 Å². The van der Waals surface area contributed by atoms with Gasteiger partial charge in [0.1, 0.15) is 5.82 Å². The minimum Gasteiger partial charge on any atom is -0.305 e. The Bertz CT molecular complexity index is 404. The lowest BCUT2D eigenvalue weighted by Crippen LogP contribution is -2.46. The molecule has 1 rings (SSSR count). The molecular weight excluding hydrogens is 229 g/mol. The molecule has 1 N–H and O–H groups in total. The monoisotopic (exact) mass is 243 g/mol. The number of nitrogens with one attached hydrogen (secondary N) is 1. The molecule has 0 spiro atoms. The summed E-state index contributed by atoms with van der Waals surface area (Å²) in [5, 5.41) is 3.30. The fourth-order valence-electron chi connectivity index (χ4n) is 1.53. The molecule has 0 fully saturated rings. The van der Waals surface area contributed by atoms with Crippen molar-refractivity contribution in [3.05, 3.63) is 34.6 Å². The first-order chi connectivity index (χ1) is 7.38. The Hall–Kier alpha value is -0.930. The molecule has 0 unspecified atom stereocenters.